The van der Waals surface area contributed by atoms with Crippen molar-refractivity contribution in [2.24, 2.45) is 0 Å². The summed E-state index contributed by atoms with van der Waals surface area (Å²) >= 11 is 0. The highest BCUT2D eigenvalue weighted by Crippen LogP contribution is 2.43. The zero-order valence-electron chi connectivity index (χ0n) is 56.4. The summed E-state index contributed by atoms with van der Waals surface area (Å²) in [5.41, 5.74) is 0. The normalized spacial score (nSPS) is 14.0. The molecule has 8 nitrogen and oxygen atoms in total. The van der Waals surface area contributed by atoms with Crippen molar-refractivity contribution in [1.29, 1.82) is 0 Å². The summed E-state index contributed by atoms with van der Waals surface area (Å²) in [4.78, 5) is 23.4. The van der Waals surface area contributed by atoms with Crippen LogP contribution in [0.2, 0.25) is 0 Å². The Balaban J connectivity index is 4.04. The summed E-state index contributed by atoms with van der Waals surface area (Å²) in [7, 11) is 1.57. The van der Waals surface area contributed by atoms with Gasteiger partial charge in [-0.25, -0.2) is 4.57 Å². The molecule has 0 heterocycles. The molecule has 0 spiro atoms. The molecule has 0 aromatic rings. The van der Waals surface area contributed by atoms with Crippen LogP contribution in [0, 0.1) is 0 Å². The highest BCUT2D eigenvalue weighted by molar-refractivity contribution is 7.47. The van der Waals surface area contributed by atoms with E-state index in [-0.39, 0.29) is 19.1 Å². The first kappa shape index (κ1) is 81.9. The van der Waals surface area contributed by atoms with Crippen LogP contribution < -0.4 is 5.32 Å². The third kappa shape index (κ3) is 67.4. The smallest absolute Gasteiger partial charge is 0.387 e. The quantitative estimate of drug-likeness (QED) is 0.0243. The molecular formula is C75H142N2O6P+. The molecular weight excluding hydrogens is 1060 g/mol. The lowest BCUT2D eigenvalue weighted by atomic mass is 10.0. The van der Waals surface area contributed by atoms with Crippen molar-refractivity contribution < 1.29 is 32.9 Å². The molecule has 0 aliphatic carbocycles. The molecule has 1 amide bonds. The molecule has 492 valence electrons. The van der Waals surface area contributed by atoms with Crippen molar-refractivity contribution in [3.63, 3.8) is 0 Å². The Labute approximate surface area is 523 Å². The molecule has 0 saturated heterocycles. The van der Waals surface area contributed by atoms with Gasteiger partial charge in [-0.1, -0.05) is 344 Å². The number of aliphatic hydroxyl groups excluding tert-OH is 1. The third-order valence-electron chi connectivity index (χ3n) is 16.4. The summed E-state index contributed by atoms with van der Waals surface area (Å²) in [6.45, 7) is 4.73. The van der Waals surface area contributed by atoms with Crippen LogP contribution >= 0.6 is 7.82 Å². The maximum Gasteiger partial charge on any atom is 0.472 e. The molecule has 0 saturated carbocycles. The number of carbonyl (C=O) groups is 1. The molecule has 0 aromatic carbocycles. The van der Waals surface area contributed by atoms with E-state index >= 15 is 0 Å². The minimum Gasteiger partial charge on any atom is -0.387 e. The number of likely N-dealkylation sites (N-methyl/N-ethyl adjacent to an activating group) is 1. The number of rotatable bonds is 67. The van der Waals surface area contributed by atoms with Gasteiger partial charge in [0.15, 0.2) is 0 Å². The maximum atomic E-state index is 13.1. The van der Waals surface area contributed by atoms with E-state index in [4.69, 9.17) is 9.05 Å². The summed E-state index contributed by atoms with van der Waals surface area (Å²) in [6, 6.07) is -0.866. The van der Waals surface area contributed by atoms with Crippen LogP contribution in [0.5, 0.6) is 0 Å². The van der Waals surface area contributed by atoms with Gasteiger partial charge in [0.25, 0.3) is 0 Å². The Morgan fingerprint density at radius 3 is 1.10 bits per heavy atom. The fraction of sp³-hybridized carbons (Fsp3) is 0.827. The predicted octanol–water partition coefficient (Wildman–Crippen LogP) is 23.3. The Morgan fingerprint density at radius 1 is 0.417 bits per heavy atom. The first-order valence-corrected chi connectivity index (χ1v) is 37.8. The number of hydrogen-bond donors (Lipinski definition) is 3. The lowest BCUT2D eigenvalue weighted by molar-refractivity contribution is -0.870. The predicted molar refractivity (Wildman–Crippen MR) is 369 cm³/mol. The van der Waals surface area contributed by atoms with Crippen LogP contribution in [0.1, 0.15) is 348 Å². The van der Waals surface area contributed by atoms with Crippen molar-refractivity contribution >= 4 is 13.7 Å². The first-order valence-electron chi connectivity index (χ1n) is 36.3. The van der Waals surface area contributed by atoms with E-state index in [1.165, 1.54) is 263 Å². The summed E-state index contributed by atoms with van der Waals surface area (Å²) in [5, 5.41) is 14.0. The molecule has 0 radical (unpaired) electrons. The largest absolute Gasteiger partial charge is 0.472 e. The molecule has 0 aliphatic heterocycles. The van der Waals surface area contributed by atoms with Gasteiger partial charge < -0.3 is 19.8 Å². The number of allylic oxidation sites excluding steroid dienone is 11. The number of phosphoric acid groups is 1. The third-order valence-corrected chi connectivity index (χ3v) is 17.4. The molecule has 3 atom stereocenters. The van der Waals surface area contributed by atoms with Crippen molar-refractivity contribution in [2.45, 2.75) is 360 Å². The lowest BCUT2D eigenvalue weighted by Gasteiger charge is -2.25. The van der Waals surface area contributed by atoms with Crippen molar-refractivity contribution in [3.8, 4) is 0 Å². The second-order valence-corrected chi connectivity index (χ2v) is 27.4. The van der Waals surface area contributed by atoms with Crippen LogP contribution in [0.4, 0.5) is 0 Å². The Kier molecular flexibility index (Phi) is 63.8. The molecule has 0 aliphatic rings. The Morgan fingerprint density at radius 2 is 0.726 bits per heavy atom. The monoisotopic (exact) mass is 1200 g/mol. The van der Waals surface area contributed by atoms with Crippen LogP contribution in [-0.4, -0.2) is 73.4 Å². The van der Waals surface area contributed by atoms with E-state index in [0.29, 0.717) is 17.4 Å². The van der Waals surface area contributed by atoms with E-state index in [2.05, 4.69) is 79.9 Å². The SMILES string of the molecule is CC/C=C\C/C=C\C/C=C\C/C=C\CCCCCCCCCCCCCCCCCCCCCCCCC(=O)NC(COP(=O)(O)OCC[N+](C)(C)C)C(O)/C=C/CC/C=C/CCCCCCCCCCCCCCCCCCCCCCC. The number of carbonyl (C=O) groups excluding carboxylic acids is 1. The van der Waals surface area contributed by atoms with Gasteiger partial charge in [0.1, 0.15) is 13.2 Å². The number of quaternary nitrogens is 1. The standard InChI is InChI=1S/C75H141N2O6P/c1-6-8-10-12-14-16-18-20-22-24-26-28-30-32-34-35-36-37-38-39-40-41-43-45-47-49-51-53-55-57-59-61-63-65-67-69-75(79)76-73(72-83-84(80,81)82-71-70-77(3,4)5)74(78)68-66-64-62-60-58-56-54-52-50-48-46-44-42-33-31-29-27-25-23-21-19-17-15-13-11-9-7-2/h8,10,14,16,20,22,26,28,58,60,66,68,73-74,78H,6-7,9,11-13,15,17-19,21,23-25,27,29-57,59,61-65,67,69-72H2,1-5H3,(H-,76,79,80,81)/p+1/b10-8-,16-14-,22-20-,28-26-,60-58+,68-66+. The number of unbranched alkanes of at least 4 members (excludes halogenated alkanes) is 44. The van der Waals surface area contributed by atoms with Crippen molar-refractivity contribution in [3.05, 3.63) is 72.9 Å². The van der Waals surface area contributed by atoms with E-state index < -0.39 is 20.0 Å². The molecule has 0 rings (SSSR count). The fourth-order valence-corrected chi connectivity index (χ4v) is 11.6. The fourth-order valence-electron chi connectivity index (χ4n) is 10.8. The second kappa shape index (κ2) is 65.4. The highest BCUT2D eigenvalue weighted by Gasteiger charge is 2.28. The second-order valence-electron chi connectivity index (χ2n) is 25.9. The molecule has 0 aromatic heterocycles. The van der Waals surface area contributed by atoms with Gasteiger partial charge in [-0.2, -0.15) is 0 Å². The van der Waals surface area contributed by atoms with Gasteiger partial charge in [0.2, 0.25) is 5.91 Å². The van der Waals surface area contributed by atoms with Crippen LogP contribution in [0.15, 0.2) is 72.9 Å². The van der Waals surface area contributed by atoms with Crippen molar-refractivity contribution in [2.75, 3.05) is 40.9 Å². The van der Waals surface area contributed by atoms with E-state index in [1.807, 2.05) is 27.2 Å². The van der Waals surface area contributed by atoms with Gasteiger partial charge in [0, 0.05) is 6.42 Å². The minimum atomic E-state index is -4.36. The topological polar surface area (TPSA) is 105 Å². The summed E-state index contributed by atoms with van der Waals surface area (Å²) in [5.74, 6) is -0.181. The Hall–Kier alpha value is -2.06. The minimum absolute atomic E-state index is 0.0563. The molecule has 9 heteroatoms. The summed E-state index contributed by atoms with van der Waals surface area (Å²) in [6.07, 6.45) is 92.1. The number of nitrogens with zero attached hydrogens (tertiary/aromatic N) is 1. The number of nitrogens with one attached hydrogen (secondary N) is 1. The van der Waals surface area contributed by atoms with Gasteiger partial charge in [-0.3, -0.25) is 13.8 Å². The van der Waals surface area contributed by atoms with Gasteiger partial charge >= 0.3 is 7.82 Å². The number of amides is 1. The van der Waals surface area contributed by atoms with Gasteiger partial charge in [0.05, 0.1) is 39.9 Å². The van der Waals surface area contributed by atoms with Crippen LogP contribution in [0.3, 0.4) is 0 Å². The lowest BCUT2D eigenvalue weighted by Crippen LogP contribution is -2.45. The van der Waals surface area contributed by atoms with Crippen LogP contribution in [0.25, 0.3) is 0 Å². The van der Waals surface area contributed by atoms with E-state index in [9.17, 15) is 19.4 Å². The summed E-state index contributed by atoms with van der Waals surface area (Å²) < 4.78 is 23.8. The molecule has 0 bridgehead atoms. The van der Waals surface area contributed by atoms with Gasteiger partial charge in [-0.05, 0) is 70.6 Å². The van der Waals surface area contributed by atoms with E-state index in [1.54, 1.807) is 6.08 Å². The average Bonchev–Trinajstić information content (AvgIpc) is 3.56. The zero-order chi connectivity index (χ0) is 61.2. The van der Waals surface area contributed by atoms with Gasteiger partial charge in [-0.15, -0.1) is 0 Å². The molecule has 3 N–H and O–H groups in total. The molecule has 0 fully saturated rings. The first-order chi connectivity index (χ1) is 41.0. The number of hydrogen-bond acceptors (Lipinski definition) is 5. The maximum absolute atomic E-state index is 13.1. The van der Waals surface area contributed by atoms with Crippen LogP contribution in [-0.2, 0) is 18.4 Å². The molecule has 84 heavy (non-hydrogen) atoms. The average molecular weight is 1200 g/mol. The van der Waals surface area contributed by atoms with Crippen molar-refractivity contribution in [1.82, 2.24) is 5.32 Å². The number of phosphoric ester groups is 1. The molecule has 3 unspecified atom stereocenters. The Bertz CT molecular complexity index is 1600. The zero-order valence-corrected chi connectivity index (χ0v) is 57.3. The highest BCUT2D eigenvalue weighted by atomic mass is 31.2. The van der Waals surface area contributed by atoms with E-state index in [0.717, 1.165) is 64.2 Å². The number of aliphatic hydroxyl groups is 1.